The van der Waals surface area contributed by atoms with Crippen molar-refractivity contribution in [3.05, 3.63) is 0 Å². The standard InChI is InChI=1S/C10H16N2O8/c11-10(12,4-8(19)20)9(1-5(13)14,2-6(15)16)3-7(17)18/h1-4,11-12H2,(H,13,14)(H,15,16)(H,17,18)(H,19,20). The van der Waals surface area contributed by atoms with Crippen LogP contribution in [0.4, 0.5) is 0 Å². The van der Waals surface area contributed by atoms with Crippen LogP contribution in [0.25, 0.3) is 0 Å². The highest BCUT2D eigenvalue weighted by molar-refractivity contribution is 5.77. The second-order valence-corrected chi connectivity index (χ2v) is 4.60. The van der Waals surface area contributed by atoms with Crippen LogP contribution in [0.3, 0.4) is 0 Å². The smallest absolute Gasteiger partial charge is 0.306 e. The summed E-state index contributed by atoms with van der Waals surface area (Å²) in [7, 11) is 0. The minimum atomic E-state index is -2.31. The van der Waals surface area contributed by atoms with E-state index in [1.807, 2.05) is 0 Å². The van der Waals surface area contributed by atoms with Crippen molar-refractivity contribution in [2.24, 2.45) is 16.9 Å². The molecule has 8 N–H and O–H groups in total. The average Bonchev–Trinajstić information content (AvgIpc) is 2.10. The van der Waals surface area contributed by atoms with E-state index >= 15 is 0 Å². The van der Waals surface area contributed by atoms with Crippen LogP contribution in [0.5, 0.6) is 0 Å². The lowest BCUT2D eigenvalue weighted by atomic mass is 9.67. The van der Waals surface area contributed by atoms with Gasteiger partial charge in [-0.25, -0.2) is 0 Å². The zero-order valence-corrected chi connectivity index (χ0v) is 10.4. The molecule has 0 aliphatic rings. The molecule has 0 aliphatic heterocycles. The Hall–Kier alpha value is -2.20. The summed E-state index contributed by atoms with van der Waals surface area (Å²) in [5.74, 6) is -6.09. The topological polar surface area (TPSA) is 201 Å². The van der Waals surface area contributed by atoms with E-state index in [0.29, 0.717) is 0 Å². The molecule has 0 bridgehead atoms. The van der Waals surface area contributed by atoms with Gasteiger partial charge in [0.15, 0.2) is 0 Å². The highest BCUT2D eigenvalue weighted by Crippen LogP contribution is 2.40. The van der Waals surface area contributed by atoms with Gasteiger partial charge in [-0.2, -0.15) is 0 Å². The predicted octanol–water partition coefficient (Wildman–Crippen LogP) is -1.51. The van der Waals surface area contributed by atoms with Crippen LogP contribution in [0, 0.1) is 5.41 Å². The van der Waals surface area contributed by atoms with Gasteiger partial charge in [-0.05, 0) is 0 Å². The van der Waals surface area contributed by atoms with Gasteiger partial charge in [0, 0.05) is 5.41 Å². The SMILES string of the molecule is NC(N)(CC(=O)O)C(CC(=O)O)(CC(=O)O)CC(=O)O. The first-order chi connectivity index (χ1) is 8.92. The molecule has 10 nitrogen and oxygen atoms in total. The van der Waals surface area contributed by atoms with Crippen LogP contribution in [0.2, 0.25) is 0 Å². The summed E-state index contributed by atoms with van der Waals surface area (Å²) in [4.78, 5) is 43.3. The molecule has 0 atom stereocenters. The molecule has 114 valence electrons. The van der Waals surface area contributed by atoms with Gasteiger partial charge in [-0.15, -0.1) is 0 Å². The third-order valence-electron chi connectivity index (χ3n) is 2.90. The van der Waals surface area contributed by atoms with Crippen molar-refractivity contribution in [2.75, 3.05) is 0 Å². The van der Waals surface area contributed by atoms with Gasteiger partial charge < -0.3 is 31.9 Å². The van der Waals surface area contributed by atoms with Gasteiger partial charge in [-0.1, -0.05) is 0 Å². The van der Waals surface area contributed by atoms with Crippen molar-refractivity contribution >= 4 is 23.9 Å². The lowest BCUT2D eigenvalue weighted by Crippen LogP contribution is -2.65. The minimum Gasteiger partial charge on any atom is -0.481 e. The Kier molecular flexibility index (Phi) is 5.61. The molecule has 0 aliphatic carbocycles. The summed E-state index contributed by atoms with van der Waals surface area (Å²) in [6, 6.07) is 0. The number of hydrogen-bond acceptors (Lipinski definition) is 6. The summed E-state index contributed by atoms with van der Waals surface area (Å²) in [5.41, 5.74) is 6.66. The van der Waals surface area contributed by atoms with Crippen molar-refractivity contribution in [3.8, 4) is 0 Å². The van der Waals surface area contributed by atoms with Gasteiger partial charge in [0.25, 0.3) is 0 Å². The first-order valence-electron chi connectivity index (χ1n) is 5.37. The number of carboxylic acid groups (broad SMARTS) is 4. The Morgan fingerprint density at radius 1 is 0.650 bits per heavy atom. The Balaban J connectivity index is 5.78. The van der Waals surface area contributed by atoms with Gasteiger partial charge in [-0.3, -0.25) is 19.2 Å². The van der Waals surface area contributed by atoms with E-state index in [-0.39, 0.29) is 0 Å². The fourth-order valence-corrected chi connectivity index (χ4v) is 1.99. The number of hydrogen-bond donors (Lipinski definition) is 6. The quantitative estimate of drug-likeness (QED) is 0.271. The van der Waals surface area contributed by atoms with Crippen LogP contribution < -0.4 is 11.5 Å². The fourth-order valence-electron chi connectivity index (χ4n) is 1.99. The van der Waals surface area contributed by atoms with Crippen molar-refractivity contribution < 1.29 is 39.6 Å². The highest BCUT2D eigenvalue weighted by atomic mass is 16.4. The average molecular weight is 292 g/mol. The van der Waals surface area contributed by atoms with Gasteiger partial charge in [0.2, 0.25) is 0 Å². The molecule has 0 aromatic heterocycles. The van der Waals surface area contributed by atoms with Gasteiger partial charge in [0.1, 0.15) is 0 Å². The maximum absolute atomic E-state index is 10.9. The Labute approximate surface area is 113 Å². The van der Waals surface area contributed by atoms with E-state index in [0.717, 1.165) is 0 Å². The molecular weight excluding hydrogens is 276 g/mol. The van der Waals surface area contributed by atoms with Crippen LogP contribution in [0.15, 0.2) is 0 Å². The lowest BCUT2D eigenvalue weighted by molar-refractivity contribution is -0.155. The maximum atomic E-state index is 10.9. The number of aliphatic carboxylic acids is 4. The highest BCUT2D eigenvalue weighted by Gasteiger charge is 2.51. The molecule has 0 aromatic carbocycles. The molecule has 0 fully saturated rings. The molecule has 0 saturated heterocycles. The summed E-state index contributed by atoms with van der Waals surface area (Å²) >= 11 is 0. The van der Waals surface area contributed by atoms with Crippen molar-refractivity contribution in [3.63, 3.8) is 0 Å². The van der Waals surface area contributed by atoms with E-state index in [9.17, 15) is 19.2 Å². The molecule has 0 unspecified atom stereocenters. The van der Waals surface area contributed by atoms with Crippen LogP contribution in [0.1, 0.15) is 25.7 Å². The Bertz CT molecular complexity index is 390. The first-order valence-corrected chi connectivity index (χ1v) is 5.37. The molecule has 0 saturated carbocycles. The Morgan fingerprint density at radius 3 is 1.10 bits per heavy atom. The fraction of sp³-hybridized carbons (Fsp3) is 0.600. The van der Waals surface area contributed by atoms with Crippen LogP contribution in [-0.4, -0.2) is 50.0 Å². The number of rotatable bonds is 9. The normalized spacial score (nSPS) is 11.9. The number of carboxylic acids is 4. The molecule has 0 rings (SSSR count). The Morgan fingerprint density at radius 2 is 0.900 bits per heavy atom. The van der Waals surface area contributed by atoms with E-state index in [1.165, 1.54) is 0 Å². The zero-order valence-electron chi connectivity index (χ0n) is 10.4. The van der Waals surface area contributed by atoms with Gasteiger partial charge in [0.05, 0.1) is 31.3 Å². The third kappa shape index (κ3) is 4.82. The summed E-state index contributed by atoms with van der Waals surface area (Å²) in [6.07, 6.45) is -3.91. The lowest BCUT2D eigenvalue weighted by Gasteiger charge is -2.42. The largest absolute Gasteiger partial charge is 0.481 e. The summed E-state index contributed by atoms with van der Waals surface area (Å²) in [5, 5.41) is 35.2. The summed E-state index contributed by atoms with van der Waals surface area (Å²) < 4.78 is 0. The molecule has 0 amide bonds. The van der Waals surface area contributed by atoms with Crippen LogP contribution >= 0.6 is 0 Å². The molecule has 20 heavy (non-hydrogen) atoms. The number of carbonyl (C=O) groups is 4. The summed E-state index contributed by atoms with van der Waals surface area (Å²) in [6.45, 7) is 0. The first kappa shape index (κ1) is 17.8. The third-order valence-corrected chi connectivity index (χ3v) is 2.90. The molecule has 0 spiro atoms. The second-order valence-electron chi connectivity index (χ2n) is 4.60. The minimum absolute atomic E-state index is 0.971. The molecule has 0 radical (unpaired) electrons. The van der Waals surface area contributed by atoms with E-state index in [1.54, 1.807) is 0 Å². The van der Waals surface area contributed by atoms with Gasteiger partial charge >= 0.3 is 23.9 Å². The van der Waals surface area contributed by atoms with Crippen molar-refractivity contribution in [1.29, 1.82) is 0 Å². The van der Waals surface area contributed by atoms with Crippen molar-refractivity contribution in [1.82, 2.24) is 0 Å². The second kappa shape index (κ2) is 6.30. The predicted molar refractivity (Wildman–Crippen MR) is 62.5 cm³/mol. The number of nitrogens with two attached hydrogens (primary N) is 2. The molecule has 10 heteroatoms. The van der Waals surface area contributed by atoms with E-state index < -0.39 is 60.6 Å². The van der Waals surface area contributed by atoms with Crippen molar-refractivity contribution in [2.45, 2.75) is 31.3 Å². The van der Waals surface area contributed by atoms with E-state index in [4.69, 9.17) is 31.9 Å². The van der Waals surface area contributed by atoms with E-state index in [2.05, 4.69) is 0 Å². The van der Waals surface area contributed by atoms with Crippen LogP contribution in [-0.2, 0) is 19.2 Å². The maximum Gasteiger partial charge on any atom is 0.306 e. The molecule has 0 aromatic rings. The molecule has 0 heterocycles. The molecular formula is C10H16N2O8. The monoisotopic (exact) mass is 292 g/mol. The zero-order chi connectivity index (χ0) is 16.1.